The monoisotopic (exact) mass is 202 g/mol. The summed E-state index contributed by atoms with van der Waals surface area (Å²) in [6, 6.07) is 0. The lowest BCUT2D eigenvalue weighted by Crippen LogP contribution is -2.14. The molecule has 1 rings (SSSR count). The highest BCUT2D eigenvalue weighted by molar-refractivity contribution is 7.09. The third-order valence-electron chi connectivity index (χ3n) is 1.29. The maximum absolute atomic E-state index is 11.0. The molecule has 1 N–H and O–H groups in total. The van der Waals surface area contributed by atoms with Gasteiger partial charge in [0.15, 0.2) is 0 Å². The van der Waals surface area contributed by atoms with E-state index < -0.39 is 6.09 Å². The number of thiazole rings is 1. The second kappa shape index (κ2) is 4.81. The first kappa shape index (κ1) is 9.98. The molecule has 4 nitrogen and oxygen atoms in total. The van der Waals surface area contributed by atoms with E-state index in [1.165, 1.54) is 11.3 Å². The van der Waals surface area contributed by atoms with Crippen LogP contribution < -0.4 is 5.32 Å². The molecule has 0 aliphatic heterocycles. The molecule has 0 saturated carbocycles. The maximum atomic E-state index is 11.0. The van der Waals surface area contributed by atoms with Crippen molar-refractivity contribution in [1.82, 2.24) is 4.98 Å². The maximum Gasteiger partial charge on any atom is 0.412 e. The van der Waals surface area contributed by atoms with Crippen LogP contribution in [0.5, 0.6) is 0 Å². The molecular formula is C8H14N2O2S. The van der Waals surface area contributed by atoms with Gasteiger partial charge in [-0.1, -0.05) is 6.92 Å². The fourth-order valence-electron chi connectivity index (χ4n) is 0.756. The van der Waals surface area contributed by atoms with E-state index in [0.29, 0.717) is 12.4 Å². The molecule has 13 heavy (non-hydrogen) atoms. The lowest BCUT2D eigenvalue weighted by molar-refractivity contribution is 0.161. The SMILES string of the molecule is CCCOC(=O)Nc1csc(C)n1.[HH]. The summed E-state index contributed by atoms with van der Waals surface area (Å²) in [6.45, 7) is 4.27. The molecule has 0 bridgehead atoms. The zero-order valence-electron chi connectivity index (χ0n) is 7.66. The van der Waals surface area contributed by atoms with Crippen molar-refractivity contribution < 1.29 is 11.0 Å². The van der Waals surface area contributed by atoms with Crippen molar-refractivity contribution >= 4 is 23.2 Å². The van der Waals surface area contributed by atoms with Crippen LogP contribution in [-0.2, 0) is 4.74 Å². The van der Waals surface area contributed by atoms with Gasteiger partial charge in [0, 0.05) is 6.81 Å². The van der Waals surface area contributed by atoms with Crippen molar-refractivity contribution in [1.29, 1.82) is 0 Å². The summed E-state index contributed by atoms with van der Waals surface area (Å²) in [7, 11) is 0. The molecule has 0 aliphatic rings. The van der Waals surface area contributed by atoms with Crippen molar-refractivity contribution in [2.45, 2.75) is 20.3 Å². The minimum absolute atomic E-state index is 0. The minimum atomic E-state index is -0.438. The Morgan fingerprint density at radius 1 is 1.85 bits per heavy atom. The van der Waals surface area contributed by atoms with Gasteiger partial charge < -0.3 is 4.74 Å². The Morgan fingerprint density at radius 3 is 3.15 bits per heavy atom. The molecule has 0 fully saturated rings. The predicted molar refractivity (Wildman–Crippen MR) is 54.2 cm³/mol. The first-order chi connectivity index (χ1) is 6.22. The summed E-state index contributed by atoms with van der Waals surface area (Å²) < 4.78 is 4.82. The summed E-state index contributed by atoms with van der Waals surface area (Å²) in [5, 5.41) is 5.24. The van der Waals surface area contributed by atoms with Gasteiger partial charge in [0.2, 0.25) is 0 Å². The summed E-state index contributed by atoms with van der Waals surface area (Å²) in [5.74, 6) is 0.559. The topological polar surface area (TPSA) is 51.2 Å². The number of amides is 1. The van der Waals surface area contributed by atoms with E-state index in [-0.39, 0.29) is 1.43 Å². The molecule has 1 heterocycles. The molecule has 0 aromatic carbocycles. The van der Waals surface area contributed by atoms with Crippen molar-refractivity contribution in [2.24, 2.45) is 0 Å². The van der Waals surface area contributed by atoms with Crippen LogP contribution in [0.1, 0.15) is 19.8 Å². The Kier molecular flexibility index (Phi) is 3.70. The van der Waals surface area contributed by atoms with Gasteiger partial charge in [-0.2, -0.15) is 0 Å². The van der Waals surface area contributed by atoms with E-state index in [9.17, 15) is 4.79 Å². The van der Waals surface area contributed by atoms with Gasteiger partial charge in [-0.15, -0.1) is 11.3 Å². The number of nitrogens with zero attached hydrogens (tertiary/aromatic N) is 1. The molecule has 0 saturated heterocycles. The Morgan fingerprint density at radius 2 is 2.62 bits per heavy atom. The van der Waals surface area contributed by atoms with Crippen molar-refractivity contribution in [2.75, 3.05) is 11.9 Å². The van der Waals surface area contributed by atoms with Crippen LogP contribution in [0.25, 0.3) is 0 Å². The highest BCUT2D eigenvalue weighted by atomic mass is 32.1. The number of anilines is 1. The quantitative estimate of drug-likeness (QED) is 0.819. The molecule has 1 aromatic rings. The lowest BCUT2D eigenvalue weighted by Gasteiger charge is -2.02. The molecule has 0 radical (unpaired) electrons. The van der Waals surface area contributed by atoms with Gasteiger partial charge >= 0.3 is 6.09 Å². The van der Waals surface area contributed by atoms with E-state index in [0.717, 1.165) is 11.4 Å². The average Bonchev–Trinajstić information content (AvgIpc) is 2.48. The van der Waals surface area contributed by atoms with Crippen molar-refractivity contribution in [3.05, 3.63) is 10.4 Å². The standard InChI is InChI=1S/C8H12N2O2S.H2/c1-3-4-12-8(11)10-7-5-13-6(2)9-7;/h5H,3-4H2,1-2H3,(H,10,11);1H. The fraction of sp³-hybridized carbons (Fsp3) is 0.500. The summed E-state index contributed by atoms with van der Waals surface area (Å²) in [6.07, 6.45) is 0.385. The van der Waals surface area contributed by atoms with E-state index in [2.05, 4.69) is 10.3 Å². The normalized spacial score (nSPS) is 9.69. The van der Waals surface area contributed by atoms with Crippen LogP contribution in [0, 0.1) is 6.92 Å². The lowest BCUT2D eigenvalue weighted by atomic mass is 10.5. The van der Waals surface area contributed by atoms with Gasteiger partial charge in [0.05, 0.1) is 11.6 Å². The third kappa shape index (κ3) is 3.42. The van der Waals surface area contributed by atoms with Crippen LogP contribution in [0.4, 0.5) is 10.6 Å². The van der Waals surface area contributed by atoms with Crippen LogP contribution >= 0.6 is 11.3 Å². The van der Waals surface area contributed by atoms with E-state index in [1.54, 1.807) is 5.38 Å². The van der Waals surface area contributed by atoms with Crippen LogP contribution in [0.2, 0.25) is 0 Å². The third-order valence-corrected chi connectivity index (χ3v) is 2.06. The number of aryl methyl sites for hydroxylation is 1. The van der Waals surface area contributed by atoms with Gasteiger partial charge in [-0.3, -0.25) is 5.32 Å². The number of hydrogen-bond donors (Lipinski definition) is 1. The van der Waals surface area contributed by atoms with Gasteiger partial charge in [0.1, 0.15) is 5.82 Å². The number of aromatic nitrogens is 1. The Labute approximate surface area is 82.4 Å². The molecule has 0 atom stereocenters. The number of rotatable bonds is 3. The minimum Gasteiger partial charge on any atom is -0.449 e. The van der Waals surface area contributed by atoms with Crippen LogP contribution in [0.15, 0.2) is 5.38 Å². The smallest absolute Gasteiger partial charge is 0.412 e. The van der Waals surface area contributed by atoms with Crippen LogP contribution in [0.3, 0.4) is 0 Å². The Bertz CT molecular complexity index is 291. The Hall–Kier alpha value is -1.10. The molecule has 1 amide bonds. The molecule has 0 aliphatic carbocycles. The average molecular weight is 202 g/mol. The highest BCUT2D eigenvalue weighted by Gasteiger charge is 2.04. The first-order valence-electron chi connectivity index (χ1n) is 4.08. The number of hydrogen-bond acceptors (Lipinski definition) is 4. The number of carbonyl (C=O) groups is 1. The van der Waals surface area contributed by atoms with Crippen molar-refractivity contribution in [3.8, 4) is 0 Å². The Balaban J connectivity index is 0.00000169. The zero-order valence-corrected chi connectivity index (χ0v) is 8.48. The molecular weight excluding hydrogens is 188 g/mol. The van der Waals surface area contributed by atoms with E-state index in [4.69, 9.17) is 4.74 Å². The largest absolute Gasteiger partial charge is 0.449 e. The highest BCUT2D eigenvalue weighted by Crippen LogP contribution is 2.12. The van der Waals surface area contributed by atoms with E-state index >= 15 is 0 Å². The number of nitrogens with one attached hydrogen (secondary N) is 1. The first-order valence-corrected chi connectivity index (χ1v) is 4.96. The molecule has 0 spiro atoms. The van der Waals surface area contributed by atoms with Gasteiger partial charge in [0.25, 0.3) is 0 Å². The predicted octanol–water partition coefficient (Wildman–Crippen LogP) is 2.66. The fourth-order valence-corrected chi connectivity index (χ4v) is 1.30. The van der Waals surface area contributed by atoms with Crippen molar-refractivity contribution in [3.63, 3.8) is 0 Å². The second-order valence-electron chi connectivity index (χ2n) is 2.51. The summed E-state index contributed by atoms with van der Waals surface area (Å²) in [4.78, 5) is 15.1. The summed E-state index contributed by atoms with van der Waals surface area (Å²) >= 11 is 1.49. The van der Waals surface area contributed by atoms with Gasteiger partial charge in [-0.05, 0) is 13.3 Å². The van der Waals surface area contributed by atoms with Crippen LogP contribution in [-0.4, -0.2) is 17.7 Å². The number of carbonyl (C=O) groups excluding carboxylic acids is 1. The molecule has 74 valence electrons. The van der Waals surface area contributed by atoms with E-state index in [1.807, 2.05) is 13.8 Å². The molecule has 5 heteroatoms. The summed E-state index contributed by atoms with van der Waals surface area (Å²) in [5.41, 5.74) is 0. The zero-order chi connectivity index (χ0) is 9.68. The number of ether oxygens (including phenoxy) is 1. The molecule has 0 unspecified atom stereocenters. The second-order valence-corrected chi connectivity index (χ2v) is 3.57. The molecule has 1 aromatic heterocycles. The van der Waals surface area contributed by atoms with Gasteiger partial charge in [-0.25, -0.2) is 9.78 Å².